The zero-order valence-electron chi connectivity index (χ0n) is 30.1. The number of hydrogen-bond acceptors (Lipinski definition) is 16. The lowest BCUT2D eigenvalue weighted by atomic mass is 9.94. The van der Waals surface area contributed by atoms with E-state index >= 15 is 0 Å². The smallest absolute Gasteiger partial charge is 0.325 e. The summed E-state index contributed by atoms with van der Waals surface area (Å²) < 4.78 is 0. The molecule has 0 aromatic heterocycles. The number of ketones is 1. The number of nitrogens with two attached hydrogens (primary N) is 4. The first-order valence-electron chi connectivity index (χ1n) is 16.9. The van der Waals surface area contributed by atoms with Crippen molar-refractivity contribution in [1.29, 1.82) is 0 Å². The van der Waals surface area contributed by atoms with E-state index in [9.17, 15) is 78.3 Å². The van der Waals surface area contributed by atoms with Crippen LogP contribution in [0.2, 0.25) is 0 Å². The molecule has 0 saturated carbocycles. The minimum absolute atomic E-state index is 0.118. The second-order valence-electron chi connectivity index (χ2n) is 12.0. The molecule has 0 aliphatic rings. The molecule has 0 aromatic carbocycles. The van der Waals surface area contributed by atoms with Crippen LogP contribution in [0.3, 0.4) is 0 Å². The van der Waals surface area contributed by atoms with Crippen LogP contribution in [0.5, 0.6) is 0 Å². The first-order valence-corrected chi connectivity index (χ1v) is 16.9. The molecule has 0 spiro atoms. The van der Waals surface area contributed by atoms with Crippen LogP contribution < -0.4 is 54.8 Å². The average molecular weight is 807 g/mol. The predicted octanol–water partition coefficient (Wildman–Crippen LogP) is -9.15. The van der Waals surface area contributed by atoms with Crippen LogP contribution in [0.4, 0.5) is 0 Å². The lowest BCUT2D eigenvalue weighted by Crippen LogP contribution is -2.61. The Bertz CT molecular complexity index is 1430. The first kappa shape index (κ1) is 50.2. The number of Topliss-reactive ketones (excluding diaryl/α,β-unsaturated/α-hetero) is 1. The van der Waals surface area contributed by atoms with E-state index < -0.39 is 159 Å². The summed E-state index contributed by atoms with van der Waals surface area (Å²) in [6.07, 6.45) is -1.96. The number of nitrogens with one attached hydrogen (secondary N) is 6. The molecule has 6 atom stereocenters. The van der Waals surface area contributed by atoms with E-state index in [1.165, 1.54) is 0 Å². The second kappa shape index (κ2) is 26.1. The quantitative estimate of drug-likeness (QED) is 0.0246. The van der Waals surface area contributed by atoms with Gasteiger partial charge >= 0.3 is 11.9 Å². The van der Waals surface area contributed by atoms with Gasteiger partial charge in [-0.25, -0.2) is 0 Å². The van der Waals surface area contributed by atoms with Gasteiger partial charge in [-0.2, -0.15) is 0 Å². The van der Waals surface area contributed by atoms with Crippen molar-refractivity contribution in [2.24, 2.45) is 28.9 Å². The third-order valence-corrected chi connectivity index (χ3v) is 7.66. The van der Waals surface area contributed by atoms with Gasteiger partial charge in [0.15, 0.2) is 5.78 Å². The van der Waals surface area contributed by atoms with Crippen LogP contribution in [-0.4, -0.2) is 160 Å². The summed E-state index contributed by atoms with van der Waals surface area (Å²) >= 11 is 0. The van der Waals surface area contributed by atoms with E-state index in [1.54, 1.807) is 0 Å². The zero-order valence-corrected chi connectivity index (χ0v) is 30.1. The van der Waals surface area contributed by atoms with E-state index in [0.717, 1.165) is 0 Å². The van der Waals surface area contributed by atoms with Crippen molar-refractivity contribution in [2.45, 2.75) is 81.2 Å². The molecule has 26 heteroatoms. The molecule has 0 radical (unpaired) electrons. The lowest BCUT2D eigenvalue weighted by molar-refractivity contribution is -0.159. The third kappa shape index (κ3) is 18.0. The highest BCUT2D eigenvalue weighted by molar-refractivity contribution is 6.16. The van der Waals surface area contributed by atoms with Gasteiger partial charge in [-0.05, 0) is 38.6 Å². The SMILES string of the molecule is NCCCC[C@H](NC(=O)[C@H](CCC(N)=O)NC(=O)[C@H](CO)NC(=O)[C@H](CO)NC(=O)[C@H](CCC(N)=O)NC(=O)[C@H](CO)NC(=O)CN)C(=O)C(C(=O)O)C(=O)O. The van der Waals surface area contributed by atoms with Gasteiger partial charge in [0.2, 0.25) is 53.2 Å². The molecule has 56 heavy (non-hydrogen) atoms. The predicted molar refractivity (Wildman–Crippen MR) is 185 cm³/mol. The number of carboxylic acids is 2. The number of unbranched alkanes of at least 4 members (excludes halogenated alkanes) is 1. The van der Waals surface area contributed by atoms with Crippen LogP contribution >= 0.6 is 0 Å². The normalized spacial score (nSPS) is 14.0. The topological polar surface area (TPSA) is 465 Å². The number of carbonyl (C=O) groups is 11. The van der Waals surface area contributed by atoms with E-state index in [1.807, 2.05) is 5.32 Å². The fourth-order valence-electron chi connectivity index (χ4n) is 4.64. The molecule has 0 rings (SSSR count). The number of hydrogen-bond donors (Lipinski definition) is 15. The number of aliphatic hydroxyl groups is 3. The van der Waals surface area contributed by atoms with Crippen LogP contribution in [-0.2, 0) is 52.7 Å². The summed E-state index contributed by atoms with van der Waals surface area (Å²) in [6.45, 7) is -3.71. The number of carboxylic acid groups (broad SMARTS) is 2. The van der Waals surface area contributed by atoms with Gasteiger partial charge in [-0.15, -0.1) is 0 Å². The molecule has 0 aliphatic carbocycles. The molecule has 0 bridgehead atoms. The lowest BCUT2D eigenvalue weighted by Gasteiger charge is -2.26. The molecule has 0 fully saturated rings. The van der Waals surface area contributed by atoms with Crippen molar-refractivity contribution < 1.29 is 78.3 Å². The molecule has 0 aromatic rings. The fourth-order valence-corrected chi connectivity index (χ4v) is 4.64. The van der Waals surface area contributed by atoms with Crippen molar-refractivity contribution >= 4 is 65.0 Å². The summed E-state index contributed by atoms with van der Waals surface area (Å²) in [5.41, 5.74) is 20.9. The van der Waals surface area contributed by atoms with Crippen LogP contribution in [0, 0.1) is 5.92 Å². The highest BCUT2D eigenvalue weighted by atomic mass is 16.4. The Labute approximate surface area is 318 Å². The first-order chi connectivity index (χ1) is 26.3. The van der Waals surface area contributed by atoms with E-state index in [4.69, 9.17) is 22.9 Å². The van der Waals surface area contributed by atoms with Gasteiger partial charge in [0.05, 0.1) is 32.4 Å². The van der Waals surface area contributed by atoms with Crippen LogP contribution in [0.1, 0.15) is 44.9 Å². The maximum absolute atomic E-state index is 13.3. The summed E-state index contributed by atoms with van der Waals surface area (Å²) in [6, 6.07) is -10.6. The number of primary amides is 2. The summed E-state index contributed by atoms with van der Waals surface area (Å²) in [5.74, 6) is -16.9. The highest BCUT2D eigenvalue weighted by Gasteiger charge is 2.40. The number of aliphatic hydroxyl groups excluding tert-OH is 3. The van der Waals surface area contributed by atoms with E-state index in [0.29, 0.717) is 0 Å². The van der Waals surface area contributed by atoms with Crippen molar-refractivity contribution in [3.05, 3.63) is 0 Å². The fraction of sp³-hybridized carbons (Fsp3) is 0.633. The molecule has 0 saturated heterocycles. The van der Waals surface area contributed by atoms with Crippen LogP contribution in [0.25, 0.3) is 0 Å². The van der Waals surface area contributed by atoms with Gasteiger partial charge in [-0.1, -0.05) is 0 Å². The van der Waals surface area contributed by atoms with E-state index in [-0.39, 0.29) is 25.8 Å². The van der Waals surface area contributed by atoms with Gasteiger partial charge in [0.25, 0.3) is 0 Å². The second-order valence-corrected chi connectivity index (χ2v) is 12.0. The molecular formula is C30H50N10O16. The molecule has 19 N–H and O–H groups in total. The van der Waals surface area contributed by atoms with Crippen molar-refractivity contribution in [2.75, 3.05) is 32.9 Å². The highest BCUT2D eigenvalue weighted by Crippen LogP contribution is 2.11. The minimum atomic E-state index is -2.58. The van der Waals surface area contributed by atoms with Gasteiger partial charge < -0.3 is 80.4 Å². The zero-order chi connectivity index (χ0) is 43.1. The Balaban J connectivity index is 6.13. The Kier molecular flexibility index (Phi) is 23.3. The molecule has 26 nitrogen and oxygen atoms in total. The molecule has 0 unspecified atom stereocenters. The van der Waals surface area contributed by atoms with Gasteiger partial charge in [0, 0.05) is 12.8 Å². The Morgan fingerprint density at radius 1 is 0.464 bits per heavy atom. The Morgan fingerprint density at radius 3 is 1.12 bits per heavy atom. The molecule has 8 amide bonds. The van der Waals surface area contributed by atoms with Gasteiger partial charge in [0.1, 0.15) is 30.2 Å². The minimum Gasteiger partial charge on any atom is -0.480 e. The van der Waals surface area contributed by atoms with Gasteiger partial charge in [-0.3, -0.25) is 52.7 Å². The molecule has 0 aliphatic heterocycles. The Morgan fingerprint density at radius 2 is 0.804 bits per heavy atom. The van der Waals surface area contributed by atoms with E-state index in [2.05, 4.69) is 26.6 Å². The van der Waals surface area contributed by atoms with Crippen LogP contribution in [0.15, 0.2) is 0 Å². The largest absolute Gasteiger partial charge is 0.480 e. The maximum atomic E-state index is 13.3. The summed E-state index contributed by atoms with van der Waals surface area (Å²) in [5, 5.41) is 60.4. The van der Waals surface area contributed by atoms with Crippen molar-refractivity contribution in [1.82, 2.24) is 31.9 Å². The Hall–Kier alpha value is -5.83. The molecule has 0 heterocycles. The number of aliphatic carboxylic acids is 2. The number of amides is 8. The standard InChI is InChI=1S/C30H50N10O16/c31-8-2-1-3-13(23(47)22(29(53)54)30(55)56)36-24(48)14(4-6-19(33)44)38-27(51)17(11-42)40-28(52)18(12-43)39-25(49)15(5-7-20(34)45)37-26(50)16(10-41)35-21(46)9-32/h13-18,22,41-43H,1-12,31-32H2,(H2,33,44)(H2,34,45)(H,35,46)(H,36,48)(H,37,50)(H,38,51)(H,39,49)(H,40,52)(H,53,54)(H,55,56)/t13-,14-,15-,16-,17-,18-/m0/s1. The third-order valence-electron chi connectivity index (χ3n) is 7.66. The average Bonchev–Trinajstić information content (AvgIpc) is 3.13. The van der Waals surface area contributed by atoms with Crippen molar-refractivity contribution in [3.8, 4) is 0 Å². The molecular weight excluding hydrogens is 756 g/mol. The summed E-state index contributed by atoms with van der Waals surface area (Å²) in [7, 11) is 0. The van der Waals surface area contributed by atoms with Crippen molar-refractivity contribution in [3.63, 3.8) is 0 Å². The summed E-state index contributed by atoms with van der Waals surface area (Å²) in [4.78, 5) is 136. The number of carbonyl (C=O) groups excluding carboxylic acids is 9. The monoisotopic (exact) mass is 806 g/mol. The number of rotatable bonds is 29. The molecule has 316 valence electrons. The maximum Gasteiger partial charge on any atom is 0.325 e.